The van der Waals surface area contributed by atoms with E-state index in [-0.39, 0.29) is 15.8 Å². The van der Waals surface area contributed by atoms with E-state index in [1.165, 1.54) is 20.4 Å². The van der Waals surface area contributed by atoms with E-state index in [0.29, 0.717) is 11.1 Å². The fourth-order valence-electron chi connectivity index (χ4n) is 2.49. The summed E-state index contributed by atoms with van der Waals surface area (Å²) < 4.78 is 44.4. The first-order chi connectivity index (χ1) is 14.2. The summed E-state index contributed by atoms with van der Waals surface area (Å²) in [7, 11) is 2.60. The van der Waals surface area contributed by atoms with Gasteiger partial charge in [0.15, 0.2) is 10.9 Å². The van der Waals surface area contributed by atoms with Gasteiger partial charge in [0.2, 0.25) is 0 Å². The number of hydrogen-bond acceptors (Lipinski definition) is 7. The van der Waals surface area contributed by atoms with E-state index in [1.54, 1.807) is 24.3 Å². The van der Waals surface area contributed by atoms with Crippen LogP contribution in [0, 0.1) is 0 Å². The molecule has 30 heavy (non-hydrogen) atoms. The van der Waals surface area contributed by atoms with Crippen LogP contribution in [0.1, 0.15) is 11.3 Å². The van der Waals surface area contributed by atoms with E-state index < -0.39 is 23.7 Å². The fourth-order valence-corrected chi connectivity index (χ4v) is 3.22. The minimum atomic E-state index is -4.56. The minimum Gasteiger partial charge on any atom is -0.466 e. The van der Waals surface area contributed by atoms with E-state index in [4.69, 9.17) is 0 Å². The van der Waals surface area contributed by atoms with Crippen LogP contribution in [0.3, 0.4) is 0 Å². The van der Waals surface area contributed by atoms with Gasteiger partial charge >= 0.3 is 12.1 Å². The van der Waals surface area contributed by atoms with Gasteiger partial charge in [-0.3, -0.25) is 14.8 Å². The first-order valence-electron chi connectivity index (χ1n) is 8.29. The molecule has 1 aromatic heterocycles. The summed E-state index contributed by atoms with van der Waals surface area (Å²) in [4.78, 5) is 23.1. The summed E-state index contributed by atoms with van der Waals surface area (Å²) >= 11 is 0.903. The zero-order valence-corrected chi connectivity index (χ0v) is 16.4. The van der Waals surface area contributed by atoms with Crippen molar-refractivity contribution < 1.29 is 27.5 Å². The van der Waals surface area contributed by atoms with Crippen molar-refractivity contribution in [1.29, 1.82) is 0 Å². The number of aryl methyl sites for hydroxylation is 1. The number of rotatable bonds is 4. The van der Waals surface area contributed by atoms with Gasteiger partial charge in [0, 0.05) is 24.3 Å². The van der Waals surface area contributed by atoms with E-state index in [9.17, 15) is 22.8 Å². The largest absolute Gasteiger partial charge is 0.466 e. The normalized spacial score (nSPS) is 17.2. The number of methoxy groups -OCH3 is 1. The van der Waals surface area contributed by atoms with Crippen LogP contribution in [0.5, 0.6) is 0 Å². The van der Waals surface area contributed by atoms with Crippen LogP contribution in [0.2, 0.25) is 0 Å². The molecule has 1 aromatic carbocycles. The monoisotopic (exact) mass is 437 g/mol. The fraction of sp³-hybridized carbons (Fsp3) is 0.167. The summed E-state index contributed by atoms with van der Waals surface area (Å²) in [5.74, 6) is -1.20. The first-order valence-corrected chi connectivity index (χ1v) is 9.11. The van der Waals surface area contributed by atoms with Crippen molar-refractivity contribution in [2.75, 3.05) is 7.11 Å². The van der Waals surface area contributed by atoms with Crippen LogP contribution in [0.15, 0.2) is 51.5 Å². The summed E-state index contributed by atoms with van der Waals surface area (Å²) in [6.45, 7) is 0. The van der Waals surface area contributed by atoms with Crippen LogP contribution in [-0.4, -0.2) is 40.1 Å². The average molecular weight is 437 g/mol. The summed E-state index contributed by atoms with van der Waals surface area (Å²) in [5.41, 5.74) is 0.227. The van der Waals surface area contributed by atoms with Crippen molar-refractivity contribution in [3.8, 4) is 11.3 Å². The quantitative estimate of drug-likeness (QED) is 0.343. The van der Waals surface area contributed by atoms with Gasteiger partial charge in [-0.15, -0.1) is 5.10 Å². The van der Waals surface area contributed by atoms with Crippen LogP contribution in [0.25, 0.3) is 11.3 Å². The number of amidine groups is 1. The number of alkyl halides is 3. The lowest BCUT2D eigenvalue weighted by atomic mass is 10.1. The van der Waals surface area contributed by atoms with Crippen molar-refractivity contribution >= 4 is 35.0 Å². The molecule has 1 saturated heterocycles. The molecule has 1 fully saturated rings. The zero-order valence-electron chi connectivity index (χ0n) is 15.6. The molecule has 0 saturated carbocycles. The number of halogens is 3. The Hall–Kier alpha value is -3.41. The molecule has 1 amide bonds. The third-order valence-corrected chi connectivity index (χ3v) is 4.75. The number of nitrogens with zero attached hydrogens (tertiary/aromatic N) is 4. The molecule has 1 aliphatic rings. The molecule has 1 N–H and O–H groups in total. The Morgan fingerprint density at radius 2 is 2.07 bits per heavy atom. The van der Waals surface area contributed by atoms with Gasteiger partial charge in [-0.2, -0.15) is 23.4 Å². The Morgan fingerprint density at radius 1 is 1.33 bits per heavy atom. The molecule has 2 heterocycles. The van der Waals surface area contributed by atoms with Crippen molar-refractivity contribution in [2.24, 2.45) is 17.3 Å². The topological polar surface area (TPSA) is 97.9 Å². The first kappa shape index (κ1) is 21.3. The molecule has 0 atom stereocenters. The molecule has 1 aliphatic heterocycles. The summed E-state index contributed by atoms with van der Waals surface area (Å²) in [5, 5.41) is 13.9. The third-order valence-electron chi connectivity index (χ3n) is 3.85. The number of hydrogen-bond donors (Lipinski definition) is 1. The van der Waals surface area contributed by atoms with Gasteiger partial charge in [-0.05, 0) is 17.8 Å². The van der Waals surface area contributed by atoms with Crippen molar-refractivity contribution in [3.63, 3.8) is 0 Å². The Kier molecular flexibility index (Phi) is 6.06. The average Bonchev–Trinajstić information content (AvgIpc) is 3.24. The molecule has 12 heteroatoms. The van der Waals surface area contributed by atoms with Crippen LogP contribution in [0.4, 0.5) is 13.2 Å². The SMILES string of the molecule is COC(=O)/C=C1/S/C(=N\N=Cc2ccccc2-c2cc(C(F)(F)F)nn2C)NC1=O. The smallest absolute Gasteiger partial charge is 0.435 e. The number of aromatic nitrogens is 2. The highest BCUT2D eigenvalue weighted by molar-refractivity contribution is 8.18. The van der Waals surface area contributed by atoms with Gasteiger partial charge in [-0.1, -0.05) is 24.3 Å². The number of carbonyl (C=O) groups excluding carboxylic acids is 2. The molecule has 0 spiro atoms. The molecule has 3 rings (SSSR count). The van der Waals surface area contributed by atoms with Gasteiger partial charge in [-0.25, -0.2) is 4.79 Å². The standard InChI is InChI=1S/C18H14F3N5O3S/c1-26-12(7-14(25-26)18(19,20)21)11-6-4-3-5-10(11)9-22-24-17-23-16(28)13(30-17)8-15(27)29-2/h3-9H,1-2H3,(H,23,24,28)/b13-8+,22-9?. The van der Waals surface area contributed by atoms with E-state index in [2.05, 4.69) is 25.4 Å². The lowest BCUT2D eigenvalue weighted by molar-refractivity contribution is -0.141. The molecule has 0 unspecified atom stereocenters. The molecular formula is C18H14F3N5O3S. The van der Waals surface area contributed by atoms with E-state index in [0.717, 1.165) is 28.6 Å². The van der Waals surface area contributed by atoms with Crippen molar-refractivity contribution in [3.05, 3.63) is 52.6 Å². The maximum Gasteiger partial charge on any atom is 0.435 e. The number of thioether (sulfide) groups is 1. The second-order valence-corrected chi connectivity index (χ2v) is 6.89. The van der Waals surface area contributed by atoms with E-state index in [1.807, 2.05) is 0 Å². The predicted molar refractivity (Wildman–Crippen MR) is 105 cm³/mol. The highest BCUT2D eigenvalue weighted by atomic mass is 32.2. The second kappa shape index (κ2) is 8.53. The Bertz CT molecular complexity index is 1090. The highest BCUT2D eigenvalue weighted by Gasteiger charge is 2.34. The number of ether oxygens (including phenoxy) is 1. The van der Waals surface area contributed by atoms with Gasteiger partial charge in [0.05, 0.1) is 23.9 Å². The maximum absolute atomic E-state index is 12.9. The minimum absolute atomic E-state index is 0.103. The Balaban J connectivity index is 1.85. The van der Waals surface area contributed by atoms with Gasteiger partial charge in [0.25, 0.3) is 5.91 Å². The molecule has 8 nitrogen and oxygen atoms in total. The predicted octanol–water partition coefficient (Wildman–Crippen LogP) is 2.72. The molecular weight excluding hydrogens is 423 g/mol. The molecule has 0 aliphatic carbocycles. The number of amides is 1. The number of nitrogens with one attached hydrogen (secondary N) is 1. The third kappa shape index (κ3) is 4.76. The molecule has 0 bridgehead atoms. The number of carbonyl (C=O) groups is 2. The van der Waals surface area contributed by atoms with Gasteiger partial charge in [0.1, 0.15) is 0 Å². The lowest BCUT2D eigenvalue weighted by Gasteiger charge is -2.05. The van der Waals surface area contributed by atoms with Crippen molar-refractivity contribution in [1.82, 2.24) is 15.1 Å². The second-order valence-electron chi connectivity index (χ2n) is 5.86. The van der Waals surface area contributed by atoms with Gasteiger partial charge < -0.3 is 4.74 Å². The number of esters is 1. The highest BCUT2D eigenvalue weighted by Crippen LogP contribution is 2.32. The van der Waals surface area contributed by atoms with E-state index >= 15 is 0 Å². The Labute approximate surface area is 172 Å². The molecule has 156 valence electrons. The number of benzene rings is 1. The van der Waals surface area contributed by atoms with Crippen LogP contribution >= 0.6 is 11.8 Å². The molecule has 2 aromatic rings. The summed E-state index contributed by atoms with van der Waals surface area (Å²) in [6, 6.07) is 7.62. The van der Waals surface area contributed by atoms with Crippen molar-refractivity contribution in [2.45, 2.75) is 6.18 Å². The zero-order chi connectivity index (χ0) is 21.9. The van der Waals surface area contributed by atoms with Crippen LogP contribution in [-0.2, 0) is 27.5 Å². The summed E-state index contributed by atoms with van der Waals surface area (Å²) in [6.07, 6.45) is -2.18. The molecule has 0 radical (unpaired) electrons. The lowest BCUT2D eigenvalue weighted by Crippen LogP contribution is -2.19. The maximum atomic E-state index is 12.9. The van der Waals surface area contributed by atoms with Crippen LogP contribution < -0.4 is 5.32 Å². The Morgan fingerprint density at radius 3 is 2.73 bits per heavy atom.